The van der Waals surface area contributed by atoms with Crippen molar-refractivity contribution in [2.45, 2.75) is 0 Å². The van der Waals surface area contributed by atoms with Gasteiger partial charge in [-0.2, -0.15) is 0 Å². The molecule has 0 radical (unpaired) electrons. The molecule has 1 aliphatic rings. The Hall–Kier alpha value is -1.78. The molecule has 2 aromatic carbocycles. The maximum atomic E-state index is 6.30. The first-order valence-electron chi connectivity index (χ1n) is 7.41. The van der Waals surface area contributed by atoms with Crippen LogP contribution in [0.3, 0.4) is 0 Å². The monoisotopic (exact) mass is 329 g/mol. The molecule has 0 atom stereocenters. The molecule has 3 aromatic rings. The topological polar surface area (TPSA) is 19.4 Å². The summed E-state index contributed by atoms with van der Waals surface area (Å²) in [7, 11) is 0. The fourth-order valence-electron chi connectivity index (χ4n) is 2.84. The van der Waals surface area contributed by atoms with Crippen LogP contribution in [0.25, 0.3) is 10.2 Å². The van der Waals surface area contributed by atoms with E-state index in [2.05, 4.69) is 34.1 Å². The van der Waals surface area contributed by atoms with Crippen molar-refractivity contribution in [2.24, 2.45) is 0 Å². The van der Waals surface area contributed by atoms with Crippen molar-refractivity contribution in [3.8, 4) is 0 Å². The number of hydrogen-bond donors (Lipinski definition) is 0. The van der Waals surface area contributed by atoms with E-state index >= 15 is 0 Å². The van der Waals surface area contributed by atoms with Crippen molar-refractivity contribution in [3.63, 3.8) is 0 Å². The quantitative estimate of drug-likeness (QED) is 0.699. The zero-order chi connectivity index (χ0) is 14.9. The molecule has 0 amide bonds. The normalized spacial score (nSPS) is 15.5. The maximum absolute atomic E-state index is 6.30. The van der Waals surface area contributed by atoms with Gasteiger partial charge in [-0.05, 0) is 24.3 Å². The SMILES string of the molecule is Clc1ccccc1N1CCN(c2nc3ccccc3s2)CC1. The van der Waals surface area contributed by atoms with E-state index < -0.39 is 0 Å². The van der Waals surface area contributed by atoms with E-state index in [0.29, 0.717) is 0 Å². The third-order valence-corrected chi connectivity index (χ3v) is 5.44. The summed E-state index contributed by atoms with van der Waals surface area (Å²) in [5.74, 6) is 0. The van der Waals surface area contributed by atoms with Gasteiger partial charge in [-0.25, -0.2) is 4.98 Å². The highest BCUT2D eigenvalue weighted by Crippen LogP contribution is 2.31. The molecule has 112 valence electrons. The minimum Gasteiger partial charge on any atom is -0.367 e. The second-order valence-electron chi connectivity index (χ2n) is 5.39. The number of hydrogen-bond acceptors (Lipinski definition) is 4. The summed E-state index contributed by atoms with van der Waals surface area (Å²) in [5, 5.41) is 1.95. The Morgan fingerprint density at radius 3 is 2.32 bits per heavy atom. The minimum absolute atomic E-state index is 0.830. The smallest absolute Gasteiger partial charge is 0.186 e. The highest BCUT2D eigenvalue weighted by Gasteiger charge is 2.21. The van der Waals surface area contributed by atoms with Crippen LogP contribution in [0.15, 0.2) is 48.5 Å². The maximum Gasteiger partial charge on any atom is 0.186 e. The number of rotatable bonds is 2. The predicted molar refractivity (Wildman–Crippen MR) is 95.5 cm³/mol. The molecule has 5 heteroatoms. The van der Waals surface area contributed by atoms with Crippen LogP contribution in [0.2, 0.25) is 5.02 Å². The summed E-state index contributed by atoms with van der Waals surface area (Å²) in [6.07, 6.45) is 0. The van der Waals surface area contributed by atoms with Crippen LogP contribution in [0.1, 0.15) is 0 Å². The Bertz CT molecular complexity index is 760. The molecule has 3 nitrogen and oxygen atoms in total. The number of fused-ring (bicyclic) bond motifs is 1. The van der Waals surface area contributed by atoms with E-state index in [1.165, 1.54) is 4.70 Å². The number of benzene rings is 2. The van der Waals surface area contributed by atoms with Gasteiger partial charge in [0.25, 0.3) is 0 Å². The highest BCUT2D eigenvalue weighted by atomic mass is 35.5. The van der Waals surface area contributed by atoms with E-state index in [0.717, 1.165) is 47.5 Å². The van der Waals surface area contributed by atoms with E-state index in [1.54, 1.807) is 11.3 Å². The molecule has 1 saturated heterocycles. The van der Waals surface area contributed by atoms with Gasteiger partial charge in [-0.1, -0.05) is 47.2 Å². The lowest BCUT2D eigenvalue weighted by Gasteiger charge is -2.36. The summed E-state index contributed by atoms with van der Waals surface area (Å²) in [6, 6.07) is 16.4. The summed E-state index contributed by atoms with van der Waals surface area (Å²) >= 11 is 8.07. The minimum atomic E-state index is 0.830. The van der Waals surface area contributed by atoms with Gasteiger partial charge in [-0.15, -0.1) is 0 Å². The number of nitrogens with zero attached hydrogens (tertiary/aromatic N) is 3. The van der Waals surface area contributed by atoms with Crippen molar-refractivity contribution >= 4 is 44.0 Å². The highest BCUT2D eigenvalue weighted by molar-refractivity contribution is 7.22. The second-order valence-corrected chi connectivity index (χ2v) is 6.81. The Kier molecular flexibility index (Phi) is 3.64. The molecular weight excluding hydrogens is 314 g/mol. The number of anilines is 2. The van der Waals surface area contributed by atoms with Crippen LogP contribution in [0, 0.1) is 0 Å². The molecule has 22 heavy (non-hydrogen) atoms. The van der Waals surface area contributed by atoms with E-state index in [9.17, 15) is 0 Å². The van der Waals surface area contributed by atoms with Crippen molar-refractivity contribution in [3.05, 3.63) is 53.6 Å². The van der Waals surface area contributed by atoms with Gasteiger partial charge in [0.2, 0.25) is 0 Å². The third-order valence-electron chi connectivity index (χ3n) is 4.03. The number of thiazole rings is 1. The van der Waals surface area contributed by atoms with Crippen LogP contribution in [-0.4, -0.2) is 31.2 Å². The fourth-order valence-corrected chi connectivity index (χ4v) is 4.11. The summed E-state index contributed by atoms with van der Waals surface area (Å²) < 4.78 is 1.26. The molecule has 0 bridgehead atoms. The zero-order valence-corrected chi connectivity index (χ0v) is 13.6. The number of aromatic nitrogens is 1. The lowest BCUT2D eigenvalue weighted by molar-refractivity contribution is 0.652. The van der Waals surface area contributed by atoms with Gasteiger partial charge in [-0.3, -0.25) is 0 Å². The average molecular weight is 330 g/mol. The molecule has 0 aliphatic carbocycles. The Morgan fingerprint density at radius 2 is 1.55 bits per heavy atom. The summed E-state index contributed by atoms with van der Waals surface area (Å²) in [6.45, 7) is 3.90. The standard InChI is InChI=1S/C17H16ClN3S/c18-13-5-1-3-7-15(13)20-9-11-21(12-10-20)17-19-14-6-2-4-8-16(14)22-17/h1-8H,9-12H2. The fraction of sp³-hybridized carbons (Fsp3) is 0.235. The Labute approximate surface area is 138 Å². The molecule has 0 unspecified atom stereocenters. The zero-order valence-electron chi connectivity index (χ0n) is 12.1. The van der Waals surface area contributed by atoms with Crippen LogP contribution in [-0.2, 0) is 0 Å². The van der Waals surface area contributed by atoms with Crippen molar-refractivity contribution in [1.29, 1.82) is 0 Å². The van der Waals surface area contributed by atoms with Crippen LogP contribution >= 0.6 is 22.9 Å². The van der Waals surface area contributed by atoms with Gasteiger partial charge >= 0.3 is 0 Å². The van der Waals surface area contributed by atoms with Crippen molar-refractivity contribution in [1.82, 2.24) is 4.98 Å². The molecule has 2 heterocycles. The van der Waals surface area contributed by atoms with Crippen LogP contribution in [0.4, 0.5) is 10.8 Å². The molecule has 4 rings (SSSR count). The molecule has 1 aliphatic heterocycles. The lowest BCUT2D eigenvalue weighted by atomic mass is 10.2. The first-order chi connectivity index (χ1) is 10.8. The van der Waals surface area contributed by atoms with Crippen LogP contribution < -0.4 is 9.80 Å². The second kappa shape index (κ2) is 5.78. The van der Waals surface area contributed by atoms with Crippen LogP contribution in [0.5, 0.6) is 0 Å². The van der Waals surface area contributed by atoms with Gasteiger partial charge in [0, 0.05) is 26.2 Å². The van der Waals surface area contributed by atoms with Gasteiger partial charge in [0.05, 0.1) is 20.9 Å². The number of piperazine rings is 1. The lowest BCUT2D eigenvalue weighted by Crippen LogP contribution is -2.46. The van der Waals surface area contributed by atoms with E-state index in [1.807, 2.05) is 24.3 Å². The third kappa shape index (κ3) is 2.53. The number of halogens is 1. The average Bonchev–Trinajstić information content (AvgIpc) is 2.99. The van der Waals surface area contributed by atoms with E-state index in [4.69, 9.17) is 16.6 Å². The van der Waals surface area contributed by atoms with E-state index in [-0.39, 0.29) is 0 Å². The van der Waals surface area contributed by atoms with Gasteiger partial charge in [0.15, 0.2) is 5.13 Å². The molecule has 1 aromatic heterocycles. The first kappa shape index (κ1) is 13.9. The largest absolute Gasteiger partial charge is 0.367 e. The molecular formula is C17H16ClN3S. The van der Waals surface area contributed by atoms with Gasteiger partial charge in [0.1, 0.15) is 0 Å². The van der Waals surface area contributed by atoms with Crippen molar-refractivity contribution < 1.29 is 0 Å². The Morgan fingerprint density at radius 1 is 0.864 bits per heavy atom. The first-order valence-corrected chi connectivity index (χ1v) is 8.61. The summed E-state index contributed by atoms with van der Waals surface area (Å²) in [5.41, 5.74) is 2.23. The summed E-state index contributed by atoms with van der Waals surface area (Å²) in [4.78, 5) is 9.48. The molecule has 1 fully saturated rings. The molecule has 0 N–H and O–H groups in total. The molecule has 0 spiro atoms. The predicted octanol–water partition coefficient (Wildman–Crippen LogP) is 4.28. The molecule has 0 saturated carbocycles. The van der Waals surface area contributed by atoms with Gasteiger partial charge < -0.3 is 9.80 Å². The Balaban J connectivity index is 1.51. The number of para-hydroxylation sites is 2. The van der Waals surface area contributed by atoms with Crippen molar-refractivity contribution in [2.75, 3.05) is 36.0 Å².